The third-order valence-corrected chi connectivity index (χ3v) is 2.41. The number of aromatic nitrogens is 1. The summed E-state index contributed by atoms with van der Waals surface area (Å²) in [6.45, 7) is 0. The summed E-state index contributed by atoms with van der Waals surface area (Å²) in [5, 5.41) is 8.57. The molecule has 14 heavy (non-hydrogen) atoms. The van der Waals surface area contributed by atoms with Crippen LogP contribution in [0.1, 0.15) is 12.0 Å². The van der Waals surface area contributed by atoms with Gasteiger partial charge in [-0.25, -0.2) is 0 Å². The SMILES string of the molecule is NC(CCc1cncc(I)c1)C(=O)O. The van der Waals surface area contributed by atoms with Gasteiger partial charge >= 0.3 is 5.97 Å². The maximum absolute atomic E-state index is 10.4. The molecule has 0 radical (unpaired) electrons. The first kappa shape index (κ1) is 11.4. The van der Waals surface area contributed by atoms with E-state index in [1.807, 2.05) is 6.07 Å². The van der Waals surface area contributed by atoms with E-state index in [-0.39, 0.29) is 0 Å². The average molecular weight is 306 g/mol. The fraction of sp³-hybridized carbons (Fsp3) is 0.333. The first-order chi connectivity index (χ1) is 6.59. The highest BCUT2D eigenvalue weighted by Crippen LogP contribution is 2.08. The molecule has 0 aliphatic carbocycles. The predicted octanol–water partition coefficient (Wildman–Crippen LogP) is 1.03. The molecule has 0 aliphatic heterocycles. The minimum absolute atomic E-state index is 0.442. The van der Waals surface area contributed by atoms with E-state index < -0.39 is 12.0 Å². The van der Waals surface area contributed by atoms with E-state index in [1.165, 1.54) is 0 Å². The molecule has 1 aromatic heterocycles. The van der Waals surface area contributed by atoms with E-state index in [4.69, 9.17) is 10.8 Å². The Morgan fingerprint density at radius 3 is 2.93 bits per heavy atom. The maximum atomic E-state index is 10.4. The minimum Gasteiger partial charge on any atom is -0.480 e. The summed E-state index contributed by atoms with van der Waals surface area (Å²) in [4.78, 5) is 14.5. The van der Waals surface area contributed by atoms with E-state index in [1.54, 1.807) is 12.4 Å². The lowest BCUT2D eigenvalue weighted by Crippen LogP contribution is -2.30. The molecule has 1 aromatic rings. The van der Waals surface area contributed by atoms with Crippen molar-refractivity contribution in [3.63, 3.8) is 0 Å². The van der Waals surface area contributed by atoms with Gasteiger partial charge in [0.1, 0.15) is 6.04 Å². The smallest absolute Gasteiger partial charge is 0.320 e. The molecule has 0 aromatic carbocycles. The summed E-state index contributed by atoms with van der Waals surface area (Å²) in [5.74, 6) is -0.955. The van der Waals surface area contributed by atoms with Gasteiger partial charge in [0, 0.05) is 16.0 Å². The number of rotatable bonds is 4. The zero-order valence-corrected chi connectivity index (χ0v) is 9.64. The summed E-state index contributed by atoms with van der Waals surface area (Å²) < 4.78 is 1.05. The lowest BCUT2D eigenvalue weighted by molar-refractivity contribution is -0.138. The van der Waals surface area contributed by atoms with Gasteiger partial charge in [0.05, 0.1) is 0 Å². The van der Waals surface area contributed by atoms with Crippen LogP contribution >= 0.6 is 22.6 Å². The van der Waals surface area contributed by atoms with Crippen LogP contribution in [-0.2, 0) is 11.2 Å². The highest BCUT2D eigenvalue weighted by molar-refractivity contribution is 14.1. The van der Waals surface area contributed by atoms with Gasteiger partial charge in [-0.05, 0) is 47.1 Å². The van der Waals surface area contributed by atoms with Crippen molar-refractivity contribution in [3.05, 3.63) is 27.6 Å². The number of carboxylic acid groups (broad SMARTS) is 1. The van der Waals surface area contributed by atoms with Crippen molar-refractivity contribution in [2.45, 2.75) is 18.9 Å². The molecule has 0 fully saturated rings. The van der Waals surface area contributed by atoms with Gasteiger partial charge < -0.3 is 10.8 Å². The number of aryl methyl sites for hydroxylation is 1. The van der Waals surface area contributed by atoms with Crippen molar-refractivity contribution in [1.29, 1.82) is 0 Å². The number of nitrogens with zero attached hydrogens (tertiary/aromatic N) is 1. The molecule has 3 N–H and O–H groups in total. The molecule has 0 amide bonds. The first-order valence-corrected chi connectivity index (χ1v) is 5.25. The van der Waals surface area contributed by atoms with Crippen LogP contribution < -0.4 is 5.73 Å². The monoisotopic (exact) mass is 306 g/mol. The highest BCUT2D eigenvalue weighted by atomic mass is 127. The molecule has 1 rings (SSSR count). The van der Waals surface area contributed by atoms with E-state index in [0.29, 0.717) is 12.8 Å². The van der Waals surface area contributed by atoms with Crippen molar-refractivity contribution in [2.75, 3.05) is 0 Å². The Morgan fingerprint density at radius 1 is 1.64 bits per heavy atom. The van der Waals surface area contributed by atoms with E-state index in [0.717, 1.165) is 9.13 Å². The molecule has 0 saturated heterocycles. The van der Waals surface area contributed by atoms with Gasteiger partial charge in [-0.3, -0.25) is 9.78 Å². The quantitative estimate of drug-likeness (QED) is 0.815. The van der Waals surface area contributed by atoms with Crippen molar-refractivity contribution in [1.82, 2.24) is 4.98 Å². The molecule has 0 spiro atoms. The summed E-state index contributed by atoms with van der Waals surface area (Å²) in [7, 11) is 0. The number of pyridine rings is 1. The molecule has 5 heteroatoms. The Hall–Kier alpha value is -0.690. The third kappa shape index (κ3) is 3.59. The number of hydrogen-bond acceptors (Lipinski definition) is 3. The van der Waals surface area contributed by atoms with Crippen molar-refractivity contribution in [3.8, 4) is 0 Å². The zero-order chi connectivity index (χ0) is 10.6. The molecule has 1 atom stereocenters. The van der Waals surface area contributed by atoms with Gasteiger partial charge in [-0.2, -0.15) is 0 Å². The fourth-order valence-corrected chi connectivity index (χ4v) is 1.60. The summed E-state index contributed by atoms with van der Waals surface area (Å²) in [6, 6.07) is 1.19. The summed E-state index contributed by atoms with van der Waals surface area (Å²) in [6.07, 6.45) is 4.58. The summed E-state index contributed by atoms with van der Waals surface area (Å²) in [5.41, 5.74) is 6.40. The fourth-order valence-electron chi connectivity index (χ4n) is 1.04. The van der Waals surface area contributed by atoms with Crippen molar-refractivity contribution in [2.24, 2.45) is 5.73 Å². The van der Waals surface area contributed by atoms with Crippen LogP contribution in [0.2, 0.25) is 0 Å². The van der Waals surface area contributed by atoms with Crippen LogP contribution in [0.15, 0.2) is 18.5 Å². The van der Waals surface area contributed by atoms with Crippen LogP contribution in [0.4, 0.5) is 0 Å². The molecule has 1 unspecified atom stereocenters. The maximum Gasteiger partial charge on any atom is 0.320 e. The molecule has 4 nitrogen and oxygen atoms in total. The molecule has 0 aliphatic rings. The number of carbonyl (C=O) groups is 1. The molecule has 1 heterocycles. The largest absolute Gasteiger partial charge is 0.480 e. The lowest BCUT2D eigenvalue weighted by Gasteiger charge is -2.05. The van der Waals surface area contributed by atoms with E-state index in [9.17, 15) is 4.79 Å². The second-order valence-corrected chi connectivity index (χ2v) is 4.24. The molecule has 0 saturated carbocycles. The lowest BCUT2D eigenvalue weighted by atomic mass is 10.1. The third-order valence-electron chi connectivity index (χ3n) is 1.82. The van der Waals surface area contributed by atoms with Crippen LogP contribution in [0.25, 0.3) is 0 Å². The highest BCUT2D eigenvalue weighted by Gasteiger charge is 2.10. The number of carboxylic acids is 1. The predicted molar refractivity (Wildman–Crippen MR) is 60.9 cm³/mol. The second kappa shape index (κ2) is 5.26. The molecular formula is C9H11IN2O2. The summed E-state index contributed by atoms with van der Waals surface area (Å²) >= 11 is 2.17. The van der Waals surface area contributed by atoms with E-state index in [2.05, 4.69) is 27.6 Å². The Balaban J connectivity index is 2.49. The normalized spacial score (nSPS) is 12.4. The van der Waals surface area contributed by atoms with Crippen LogP contribution in [0, 0.1) is 3.57 Å². The van der Waals surface area contributed by atoms with Gasteiger partial charge in [0.25, 0.3) is 0 Å². The Labute approximate surface area is 95.7 Å². The topological polar surface area (TPSA) is 76.2 Å². The number of halogens is 1. The van der Waals surface area contributed by atoms with Gasteiger partial charge in [0.2, 0.25) is 0 Å². The second-order valence-electron chi connectivity index (χ2n) is 2.99. The molecular weight excluding hydrogens is 295 g/mol. The number of nitrogens with two attached hydrogens (primary N) is 1. The van der Waals surface area contributed by atoms with Gasteiger partial charge in [0.15, 0.2) is 0 Å². The van der Waals surface area contributed by atoms with Crippen molar-refractivity contribution >= 4 is 28.6 Å². The van der Waals surface area contributed by atoms with Crippen LogP contribution in [0.5, 0.6) is 0 Å². The standard InChI is InChI=1S/C9H11IN2O2/c10-7-3-6(4-12-5-7)1-2-8(11)9(13)14/h3-5,8H,1-2,11H2,(H,13,14). The molecule has 76 valence electrons. The first-order valence-electron chi connectivity index (χ1n) is 4.17. The van der Waals surface area contributed by atoms with Gasteiger partial charge in [-0.15, -0.1) is 0 Å². The Morgan fingerprint density at radius 2 is 2.36 bits per heavy atom. The average Bonchev–Trinajstić information content (AvgIpc) is 2.14. The van der Waals surface area contributed by atoms with Gasteiger partial charge in [-0.1, -0.05) is 0 Å². The van der Waals surface area contributed by atoms with Crippen LogP contribution in [0.3, 0.4) is 0 Å². The zero-order valence-electron chi connectivity index (χ0n) is 7.48. The number of hydrogen-bond donors (Lipinski definition) is 2. The minimum atomic E-state index is -0.955. The molecule has 0 bridgehead atoms. The van der Waals surface area contributed by atoms with E-state index >= 15 is 0 Å². The van der Waals surface area contributed by atoms with Crippen molar-refractivity contribution < 1.29 is 9.90 Å². The Kier molecular flexibility index (Phi) is 4.27. The van der Waals surface area contributed by atoms with Crippen LogP contribution in [-0.4, -0.2) is 22.1 Å². The number of aliphatic carboxylic acids is 1. The Bertz CT molecular complexity index is 330.